The van der Waals surface area contributed by atoms with Crippen molar-refractivity contribution in [3.05, 3.63) is 140 Å². The van der Waals surface area contributed by atoms with Gasteiger partial charge in [-0.15, -0.1) is 0 Å². The summed E-state index contributed by atoms with van der Waals surface area (Å²) in [5, 5.41) is 7.93. The molecule has 8 rings (SSSR count). The second-order valence-corrected chi connectivity index (χ2v) is 12.7. The van der Waals surface area contributed by atoms with Gasteiger partial charge in [0, 0.05) is 26.7 Å². The van der Waals surface area contributed by atoms with Crippen LogP contribution in [0.3, 0.4) is 0 Å². The standard InChI is InChI=1S/C35H23N2OP/c38-39(26-14-3-1-4-15-26,27-16-5-2-6-17-27)33-21-11-20-32-34(33)28-22-24-12-7-8-13-25(24)23-29(28)35-36-30-18-9-10-19-31(30)37(32)35/h1-23H. The Morgan fingerprint density at radius 1 is 0.538 bits per heavy atom. The zero-order valence-corrected chi connectivity index (χ0v) is 21.9. The van der Waals surface area contributed by atoms with E-state index in [-0.39, 0.29) is 0 Å². The first-order valence-electron chi connectivity index (χ1n) is 13.1. The first-order chi connectivity index (χ1) is 19.2. The molecule has 0 unspecified atom stereocenters. The van der Waals surface area contributed by atoms with Crippen LogP contribution in [0.1, 0.15) is 0 Å². The number of pyridine rings is 1. The maximum Gasteiger partial charge on any atom is 0.171 e. The molecule has 0 aliphatic heterocycles. The van der Waals surface area contributed by atoms with Gasteiger partial charge in [0.25, 0.3) is 0 Å². The Balaban J connectivity index is 1.65. The maximum absolute atomic E-state index is 15.7. The lowest BCUT2D eigenvalue weighted by molar-refractivity contribution is 0.592. The number of benzene rings is 6. The van der Waals surface area contributed by atoms with Crippen LogP contribution in [0, 0.1) is 0 Å². The molecule has 0 spiro atoms. The fraction of sp³-hybridized carbons (Fsp3) is 0. The predicted molar refractivity (Wildman–Crippen MR) is 165 cm³/mol. The fourth-order valence-electron chi connectivity index (χ4n) is 6.04. The number of fused-ring (bicyclic) bond motifs is 9. The van der Waals surface area contributed by atoms with E-state index < -0.39 is 7.14 Å². The van der Waals surface area contributed by atoms with E-state index in [4.69, 9.17) is 4.98 Å². The average molecular weight is 519 g/mol. The molecule has 6 aromatic carbocycles. The van der Waals surface area contributed by atoms with E-state index in [1.807, 2.05) is 72.8 Å². The summed E-state index contributed by atoms with van der Waals surface area (Å²) in [4.78, 5) is 5.10. The minimum atomic E-state index is -3.24. The van der Waals surface area contributed by atoms with Gasteiger partial charge < -0.3 is 4.57 Å². The summed E-state index contributed by atoms with van der Waals surface area (Å²) in [7, 11) is -3.24. The molecule has 0 saturated heterocycles. The minimum Gasteiger partial charge on any atom is -0.309 e. The molecule has 3 nitrogen and oxygen atoms in total. The lowest BCUT2D eigenvalue weighted by Gasteiger charge is -2.23. The average Bonchev–Trinajstić information content (AvgIpc) is 3.41. The Labute approximate surface area is 225 Å². The van der Waals surface area contributed by atoms with Crippen molar-refractivity contribution in [3.63, 3.8) is 0 Å². The smallest absolute Gasteiger partial charge is 0.171 e. The quantitative estimate of drug-likeness (QED) is 0.137. The van der Waals surface area contributed by atoms with Gasteiger partial charge in [-0.2, -0.15) is 0 Å². The molecule has 0 aliphatic rings. The molecular weight excluding hydrogens is 495 g/mol. The van der Waals surface area contributed by atoms with Crippen molar-refractivity contribution in [1.82, 2.24) is 9.38 Å². The number of hydrogen-bond acceptors (Lipinski definition) is 2. The molecule has 2 heterocycles. The molecule has 0 fully saturated rings. The van der Waals surface area contributed by atoms with Crippen molar-refractivity contribution in [2.75, 3.05) is 0 Å². The van der Waals surface area contributed by atoms with Crippen molar-refractivity contribution < 1.29 is 4.57 Å². The van der Waals surface area contributed by atoms with Gasteiger partial charge in [-0.25, -0.2) is 4.98 Å². The monoisotopic (exact) mass is 518 g/mol. The number of rotatable bonds is 3. The SMILES string of the molecule is O=P(c1ccccc1)(c1ccccc1)c1cccc2c1c1cc3ccccc3cc1c1nc3ccccc3n21. The van der Waals surface area contributed by atoms with Crippen molar-refractivity contribution >= 4 is 72.2 Å². The molecule has 2 aromatic heterocycles. The fourth-order valence-corrected chi connectivity index (χ4v) is 8.92. The summed E-state index contributed by atoms with van der Waals surface area (Å²) in [6, 6.07) is 47.2. The third-order valence-corrected chi connectivity index (χ3v) is 10.9. The van der Waals surface area contributed by atoms with Crippen LogP contribution in [0.15, 0.2) is 140 Å². The van der Waals surface area contributed by atoms with Gasteiger partial charge in [0.15, 0.2) is 7.14 Å². The van der Waals surface area contributed by atoms with Crippen LogP contribution in [0.25, 0.3) is 49.1 Å². The Hall–Kier alpha value is -4.72. The Morgan fingerprint density at radius 3 is 1.79 bits per heavy atom. The number of hydrogen-bond donors (Lipinski definition) is 0. The van der Waals surface area contributed by atoms with Gasteiger partial charge in [-0.3, -0.25) is 4.40 Å². The number of nitrogens with zero attached hydrogens (tertiary/aromatic N) is 2. The molecule has 0 bridgehead atoms. The molecule has 0 radical (unpaired) electrons. The van der Waals surface area contributed by atoms with Gasteiger partial charge in [0.05, 0.1) is 16.6 Å². The van der Waals surface area contributed by atoms with Crippen molar-refractivity contribution in [2.24, 2.45) is 0 Å². The summed E-state index contributed by atoms with van der Waals surface area (Å²) >= 11 is 0. The highest BCUT2D eigenvalue weighted by Crippen LogP contribution is 2.46. The van der Waals surface area contributed by atoms with Crippen LogP contribution in [0.5, 0.6) is 0 Å². The van der Waals surface area contributed by atoms with Crippen LogP contribution in [0.4, 0.5) is 0 Å². The highest BCUT2D eigenvalue weighted by atomic mass is 31.2. The van der Waals surface area contributed by atoms with Crippen molar-refractivity contribution in [3.8, 4) is 0 Å². The summed E-state index contributed by atoms with van der Waals surface area (Å²) in [6.07, 6.45) is 0. The topological polar surface area (TPSA) is 34.4 Å². The van der Waals surface area contributed by atoms with Crippen LogP contribution >= 0.6 is 7.14 Å². The zero-order valence-electron chi connectivity index (χ0n) is 21.0. The molecule has 184 valence electrons. The second-order valence-electron chi connectivity index (χ2n) is 9.96. The van der Waals surface area contributed by atoms with Crippen LogP contribution in [0.2, 0.25) is 0 Å². The lowest BCUT2D eigenvalue weighted by Crippen LogP contribution is -2.25. The van der Waals surface area contributed by atoms with E-state index in [1.165, 1.54) is 0 Å². The van der Waals surface area contributed by atoms with E-state index in [1.54, 1.807) is 0 Å². The molecule has 0 amide bonds. The maximum atomic E-state index is 15.7. The largest absolute Gasteiger partial charge is 0.309 e. The van der Waals surface area contributed by atoms with Gasteiger partial charge in [0.2, 0.25) is 0 Å². The summed E-state index contributed by atoms with van der Waals surface area (Å²) in [6.45, 7) is 0. The van der Waals surface area contributed by atoms with E-state index in [0.29, 0.717) is 0 Å². The molecular formula is C35H23N2OP. The predicted octanol–water partition coefficient (Wildman–Crippen LogP) is 7.59. The highest BCUT2D eigenvalue weighted by molar-refractivity contribution is 7.85. The van der Waals surface area contributed by atoms with E-state index in [9.17, 15) is 0 Å². The Morgan fingerprint density at radius 2 is 1.10 bits per heavy atom. The first-order valence-corrected chi connectivity index (χ1v) is 14.8. The lowest BCUT2D eigenvalue weighted by atomic mass is 10.0. The Bertz CT molecular complexity index is 2210. The third kappa shape index (κ3) is 3.17. The van der Waals surface area contributed by atoms with E-state index >= 15 is 4.57 Å². The van der Waals surface area contributed by atoms with Gasteiger partial charge in [0.1, 0.15) is 5.65 Å². The molecule has 8 aromatic rings. The van der Waals surface area contributed by atoms with Crippen LogP contribution in [-0.4, -0.2) is 9.38 Å². The molecule has 0 N–H and O–H groups in total. The summed E-state index contributed by atoms with van der Waals surface area (Å²) < 4.78 is 17.9. The van der Waals surface area contributed by atoms with Crippen molar-refractivity contribution in [1.29, 1.82) is 0 Å². The third-order valence-electron chi connectivity index (χ3n) is 7.80. The first kappa shape index (κ1) is 22.3. The van der Waals surface area contributed by atoms with Crippen LogP contribution < -0.4 is 15.9 Å². The number of imidazole rings is 1. The van der Waals surface area contributed by atoms with E-state index in [2.05, 4.69) is 71.1 Å². The normalized spacial score (nSPS) is 12.2. The van der Waals surface area contributed by atoms with Gasteiger partial charge in [-0.05, 0) is 46.5 Å². The molecule has 0 atom stereocenters. The van der Waals surface area contributed by atoms with Gasteiger partial charge in [-0.1, -0.05) is 109 Å². The van der Waals surface area contributed by atoms with E-state index in [0.717, 1.165) is 65.0 Å². The molecule has 0 saturated carbocycles. The number of aromatic nitrogens is 2. The van der Waals surface area contributed by atoms with Crippen LogP contribution in [-0.2, 0) is 4.57 Å². The Kier molecular flexibility index (Phi) is 4.79. The summed E-state index contributed by atoms with van der Waals surface area (Å²) in [5.41, 5.74) is 3.90. The molecule has 0 aliphatic carbocycles. The second kappa shape index (κ2) is 8.39. The molecule has 39 heavy (non-hydrogen) atoms. The summed E-state index contributed by atoms with van der Waals surface area (Å²) in [5.74, 6) is 0. The number of para-hydroxylation sites is 2. The van der Waals surface area contributed by atoms with Crippen molar-refractivity contribution in [2.45, 2.75) is 0 Å². The molecule has 4 heteroatoms. The van der Waals surface area contributed by atoms with Gasteiger partial charge >= 0.3 is 0 Å². The minimum absolute atomic E-state index is 0.827. The zero-order chi connectivity index (χ0) is 26.0. The highest BCUT2D eigenvalue weighted by Gasteiger charge is 2.32.